The second-order valence-corrected chi connectivity index (χ2v) is 9.16. The number of fused-ring (bicyclic) bond motifs is 1. The third-order valence-corrected chi connectivity index (χ3v) is 6.79. The average Bonchev–Trinajstić information content (AvgIpc) is 3.30. The lowest BCUT2D eigenvalue weighted by atomic mass is 9.95. The van der Waals surface area contributed by atoms with E-state index in [1.807, 2.05) is 56.3 Å². The van der Waals surface area contributed by atoms with Crippen LogP contribution in [-0.4, -0.2) is 35.6 Å². The fourth-order valence-electron chi connectivity index (χ4n) is 4.61. The smallest absolute Gasteiger partial charge is 0.242 e. The molecule has 1 saturated carbocycles. The van der Waals surface area contributed by atoms with Gasteiger partial charge < -0.3 is 19.7 Å². The normalized spacial score (nSPS) is 16.3. The van der Waals surface area contributed by atoms with Gasteiger partial charge in [0.2, 0.25) is 18.6 Å². The molecule has 2 aliphatic rings. The van der Waals surface area contributed by atoms with Crippen LogP contribution in [0.5, 0.6) is 11.5 Å². The number of carbonyl (C=O) groups is 2. The van der Waals surface area contributed by atoms with Gasteiger partial charge in [0.1, 0.15) is 6.04 Å². The van der Waals surface area contributed by atoms with Crippen LogP contribution in [0.3, 0.4) is 0 Å². The highest BCUT2D eigenvalue weighted by Gasteiger charge is 2.28. The van der Waals surface area contributed by atoms with E-state index in [1.165, 1.54) is 6.42 Å². The third kappa shape index (κ3) is 5.86. The summed E-state index contributed by atoms with van der Waals surface area (Å²) in [6.45, 7) is 4.54. The first-order chi connectivity index (χ1) is 16.0. The molecule has 0 radical (unpaired) electrons. The van der Waals surface area contributed by atoms with Gasteiger partial charge in [-0.3, -0.25) is 9.59 Å². The van der Waals surface area contributed by atoms with Gasteiger partial charge in [-0.2, -0.15) is 0 Å². The van der Waals surface area contributed by atoms with Crippen molar-refractivity contribution in [1.82, 2.24) is 10.2 Å². The summed E-state index contributed by atoms with van der Waals surface area (Å²) in [6, 6.07) is 13.5. The van der Waals surface area contributed by atoms with Gasteiger partial charge in [-0.05, 0) is 61.9 Å². The Bertz CT molecular complexity index is 984. The number of carbonyl (C=O) groups excluding carboxylic acids is 2. The van der Waals surface area contributed by atoms with E-state index in [2.05, 4.69) is 5.32 Å². The van der Waals surface area contributed by atoms with E-state index in [0.29, 0.717) is 19.4 Å². The first kappa shape index (κ1) is 23.1. The van der Waals surface area contributed by atoms with Crippen LogP contribution in [-0.2, 0) is 22.6 Å². The lowest BCUT2D eigenvalue weighted by Gasteiger charge is -2.31. The topological polar surface area (TPSA) is 67.9 Å². The van der Waals surface area contributed by atoms with E-state index in [4.69, 9.17) is 9.47 Å². The van der Waals surface area contributed by atoms with Gasteiger partial charge in [0.05, 0.1) is 0 Å². The third-order valence-electron chi connectivity index (χ3n) is 6.79. The molecule has 1 heterocycles. The fourth-order valence-corrected chi connectivity index (χ4v) is 4.61. The number of rotatable bonds is 8. The summed E-state index contributed by atoms with van der Waals surface area (Å²) in [5.41, 5.74) is 3.19. The Hall–Kier alpha value is -3.02. The van der Waals surface area contributed by atoms with Gasteiger partial charge in [0, 0.05) is 19.0 Å². The summed E-state index contributed by atoms with van der Waals surface area (Å²) in [5.74, 6) is 1.37. The molecule has 6 nitrogen and oxygen atoms in total. The van der Waals surface area contributed by atoms with Crippen molar-refractivity contribution in [2.75, 3.05) is 6.79 Å². The van der Waals surface area contributed by atoms with E-state index >= 15 is 0 Å². The van der Waals surface area contributed by atoms with Crippen molar-refractivity contribution in [3.8, 4) is 11.5 Å². The molecule has 0 aromatic heterocycles. The number of hydrogen-bond donors (Lipinski definition) is 1. The molecule has 0 saturated heterocycles. The van der Waals surface area contributed by atoms with E-state index in [-0.39, 0.29) is 24.6 Å². The molecule has 0 unspecified atom stereocenters. The minimum Gasteiger partial charge on any atom is -0.454 e. The van der Waals surface area contributed by atoms with Gasteiger partial charge in [0.25, 0.3) is 0 Å². The van der Waals surface area contributed by atoms with Crippen LogP contribution in [0.2, 0.25) is 0 Å². The summed E-state index contributed by atoms with van der Waals surface area (Å²) in [7, 11) is 0. The molecular formula is C27H34N2O4. The lowest BCUT2D eigenvalue weighted by Crippen LogP contribution is -2.50. The van der Waals surface area contributed by atoms with Crippen molar-refractivity contribution in [2.24, 2.45) is 0 Å². The quantitative estimate of drug-likeness (QED) is 0.642. The van der Waals surface area contributed by atoms with Gasteiger partial charge in [-0.25, -0.2) is 0 Å². The molecule has 33 heavy (non-hydrogen) atoms. The Kier molecular flexibility index (Phi) is 7.53. The number of benzene rings is 2. The van der Waals surface area contributed by atoms with Crippen molar-refractivity contribution in [3.05, 3.63) is 59.2 Å². The molecule has 2 aromatic carbocycles. The molecule has 6 heteroatoms. The zero-order valence-corrected chi connectivity index (χ0v) is 19.6. The summed E-state index contributed by atoms with van der Waals surface area (Å²) in [4.78, 5) is 28.2. The van der Waals surface area contributed by atoms with Gasteiger partial charge in [-0.1, -0.05) is 49.6 Å². The number of hydrogen-bond acceptors (Lipinski definition) is 4. The van der Waals surface area contributed by atoms with Gasteiger partial charge in [-0.15, -0.1) is 0 Å². The van der Waals surface area contributed by atoms with Crippen LogP contribution >= 0.6 is 0 Å². The maximum Gasteiger partial charge on any atom is 0.242 e. The molecule has 1 aliphatic heterocycles. The minimum atomic E-state index is -0.532. The number of nitrogens with zero attached hydrogens (tertiary/aromatic N) is 1. The molecule has 2 amide bonds. The second-order valence-electron chi connectivity index (χ2n) is 9.16. The molecule has 176 valence electrons. The Balaban J connectivity index is 1.45. The first-order valence-corrected chi connectivity index (χ1v) is 12.0. The predicted octanol–water partition coefficient (Wildman–Crippen LogP) is 4.52. The van der Waals surface area contributed by atoms with Gasteiger partial charge in [0.15, 0.2) is 11.5 Å². The molecule has 1 fully saturated rings. The zero-order chi connectivity index (χ0) is 23.2. The van der Waals surface area contributed by atoms with E-state index in [0.717, 1.165) is 53.9 Å². The van der Waals surface area contributed by atoms with Crippen LogP contribution in [0.4, 0.5) is 0 Å². The van der Waals surface area contributed by atoms with E-state index in [1.54, 1.807) is 4.90 Å². The summed E-state index contributed by atoms with van der Waals surface area (Å²) >= 11 is 0. The van der Waals surface area contributed by atoms with Crippen molar-refractivity contribution >= 4 is 11.8 Å². The van der Waals surface area contributed by atoms with Crippen molar-refractivity contribution < 1.29 is 19.1 Å². The predicted molar refractivity (Wildman–Crippen MR) is 127 cm³/mol. The average molecular weight is 451 g/mol. The summed E-state index contributed by atoms with van der Waals surface area (Å²) < 4.78 is 10.8. The van der Waals surface area contributed by atoms with Crippen LogP contribution in [0.15, 0.2) is 42.5 Å². The Morgan fingerprint density at radius 2 is 1.82 bits per heavy atom. The largest absolute Gasteiger partial charge is 0.454 e. The minimum absolute atomic E-state index is 0.0257. The number of aryl methyl sites for hydroxylation is 2. The van der Waals surface area contributed by atoms with Crippen molar-refractivity contribution in [3.63, 3.8) is 0 Å². The Morgan fingerprint density at radius 1 is 1.06 bits per heavy atom. The lowest BCUT2D eigenvalue weighted by molar-refractivity contribution is -0.141. The molecule has 0 bridgehead atoms. The zero-order valence-electron chi connectivity index (χ0n) is 19.6. The SMILES string of the molecule is Cc1ccccc1CN(C(=O)CCc1ccc2c(c1)OCO2)[C@H](C)C(=O)NC1CCCCC1. The highest BCUT2D eigenvalue weighted by atomic mass is 16.7. The first-order valence-electron chi connectivity index (χ1n) is 12.0. The Morgan fingerprint density at radius 3 is 2.61 bits per heavy atom. The van der Waals surface area contributed by atoms with Crippen molar-refractivity contribution in [2.45, 2.75) is 77.4 Å². The maximum absolute atomic E-state index is 13.4. The number of ether oxygens (including phenoxy) is 2. The van der Waals surface area contributed by atoms with E-state index in [9.17, 15) is 9.59 Å². The molecular weight excluding hydrogens is 416 g/mol. The van der Waals surface area contributed by atoms with Crippen LogP contribution in [0, 0.1) is 6.92 Å². The van der Waals surface area contributed by atoms with Gasteiger partial charge >= 0.3 is 0 Å². The Labute approximate surface area is 196 Å². The second kappa shape index (κ2) is 10.7. The van der Waals surface area contributed by atoms with Crippen LogP contribution < -0.4 is 14.8 Å². The standard InChI is InChI=1S/C27H34N2O4/c1-19-8-6-7-9-22(19)17-29(20(2)27(31)28-23-10-4-3-5-11-23)26(30)15-13-21-12-14-24-25(16-21)33-18-32-24/h6-9,12,14,16,20,23H,3-5,10-11,13,15,17-18H2,1-2H3,(H,28,31)/t20-/m1/s1. The molecule has 0 spiro atoms. The monoisotopic (exact) mass is 450 g/mol. The molecule has 1 N–H and O–H groups in total. The molecule has 1 aliphatic carbocycles. The van der Waals surface area contributed by atoms with Crippen LogP contribution in [0.25, 0.3) is 0 Å². The number of amides is 2. The maximum atomic E-state index is 13.4. The molecule has 1 atom stereocenters. The van der Waals surface area contributed by atoms with Crippen molar-refractivity contribution in [1.29, 1.82) is 0 Å². The highest BCUT2D eigenvalue weighted by Crippen LogP contribution is 2.33. The molecule has 2 aromatic rings. The van der Waals surface area contributed by atoms with Crippen LogP contribution in [0.1, 0.15) is 62.1 Å². The number of nitrogens with one attached hydrogen (secondary N) is 1. The molecule has 4 rings (SSSR count). The highest BCUT2D eigenvalue weighted by molar-refractivity contribution is 5.87. The fraction of sp³-hybridized carbons (Fsp3) is 0.481. The van der Waals surface area contributed by atoms with E-state index < -0.39 is 6.04 Å². The summed E-state index contributed by atoms with van der Waals surface area (Å²) in [6.07, 6.45) is 6.49. The summed E-state index contributed by atoms with van der Waals surface area (Å²) in [5, 5.41) is 3.19.